The average molecular weight is 282 g/mol. The van der Waals surface area contributed by atoms with Crippen LogP contribution in [-0.4, -0.2) is 49.8 Å². The van der Waals surface area contributed by atoms with Crippen molar-refractivity contribution in [2.45, 2.75) is 65.5 Å². The zero-order valence-electron chi connectivity index (χ0n) is 14.0. The quantitative estimate of drug-likeness (QED) is 0.858. The Kier molecular flexibility index (Phi) is 5.88. The van der Waals surface area contributed by atoms with E-state index in [1.807, 2.05) is 0 Å². The molecule has 3 unspecified atom stereocenters. The minimum atomic E-state index is 0.445. The van der Waals surface area contributed by atoms with Crippen LogP contribution < -0.4 is 5.32 Å². The zero-order chi connectivity index (χ0) is 14.6. The predicted octanol–water partition coefficient (Wildman–Crippen LogP) is 2.90. The van der Waals surface area contributed by atoms with Crippen LogP contribution in [0.5, 0.6) is 0 Å². The molecule has 1 aliphatic carbocycles. The number of nitrogens with one attached hydrogen (secondary N) is 1. The van der Waals surface area contributed by atoms with Gasteiger partial charge in [-0.15, -0.1) is 0 Å². The van der Waals surface area contributed by atoms with Crippen molar-refractivity contribution in [3.63, 3.8) is 0 Å². The van der Waals surface area contributed by atoms with Crippen LogP contribution in [-0.2, 0) is 4.74 Å². The molecule has 1 N–H and O–H groups in total. The lowest BCUT2D eigenvalue weighted by Crippen LogP contribution is -2.57. The van der Waals surface area contributed by atoms with Crippen LogP contribution in [0.1, 0.15) is 53.4 Å². The van der Waals surface area contributed by atoms with E-state index in [1.54, 1.807) is 0 Å². The maximum atomic E-state index is 5.54. The van der Waals surface area contributed by atoms with Gasteiger partial charge in [0.15, 0.2) is 0 Å². The maximum absolute atomic E-state index is 5.54. The van der Waals surface area contributed by atoms with Gasteiger partial charge in [-0.1, -0.05) is 27.7 Å². The van der Waals surface area contributed by atoms with Gasteiger partial charge in [0.1, 0.15) is 0 Å². The molecule has 0 amide bonds. The lowest BCUT2D eigenvalue weighted by molar-refractivity contribution is -0.0164. The highest BCUT2D eigenvalue weighted by Crippen LogP contribution is 2.39. The van der Waals surface area contributed by atoms with Crippen molar-refractivity contribution in [1.29, 1.82) is 0 Å². The van der Waals surface area contributed by atoms with E-state index in [2.05, 4.69) is 37.9 Å². The summed E-state index contributed by atoms with van der Waals surface area (Å²) in [4.78, 5) is 2.69. The van der Waals surface area contributed by atoms with Gasteiger partial charge in [-0.3, -0.25) is 4.90 Å². The third-order valence-corrected chi connectivity index (χ3v) is 5.21. The molecule has 3 atom stereocenters. The number of hydrogen-bond donors (Lipinski definition) is 1. The Hall–Kier alpha value is -0.120. The van der Waals surface area contributed by atoms with Crippen molar-refractivity contribution in [1.82, 2.24) is 10.2 Å². The van der Waals surface area contributed by atoms with Crippen molar-refractivity contribution in [2.24, 2.45) is 11.3 Å². The summed E-state index contributed by atoms with van der Waals surface area (Å²) < 4.78 is 5.54. The largest absolute Gasteiger partial charge is 0.379 e. The molecule has 1 saturated heterocycles. The summed E-state index contributed by atoms with van der Waals surface area (Å²) in [6, 6.07) is 1.40. The normalized spacial score (nSPS) is 33.3. The number of rotatable bonds is 4. The van der Waals surface area contributed by atoms with Crippen molar-refractivity contribution in [3.8, 4) is 0 Å². The lowest BCUT2D eigenvalue weighted by atomic mass is 9.69. The Bertz CT molecular complexity index is 281. The first-order chi connectivity index (χ1) is 9.52. The fraction of sp³-hybridized carbons (Fsp3) is 1.00. The molecular weight excluding hydrogens is 248 g/mol. The van der Waals surface area contributed by atoms with Crippen LogP contribution in [0, 0.1) is 11.3 Å². The predicted molar refractivity (Wildman–Crippen MR) is 85.1 cm³/mol. The molecule has 3 heteroatoms. The fourth-order valence-electron chi connectivity index (χ4n) is 3.81. The Balaban J connectivity index is 2.01. The summed E-state index contributed by atoms with van der Waals surface area (Å²) in [5.41, 5.74) is 0.445. The zero-order valence-corrected chi connectivity index (χ0v) is 14.0. The van der Waals surface area contributed by atoms with Gasteiger partial charge < -0.3 is 10.1 Å². The monoisotopic (exact) mass is 282 g/mol. The Labute approximate surface area is 125 Å². The maximum Gasteiger partial charge on any atom is 0.0594 e. The molecule has 2 aliphatic rings. The molecule has 1 heterocycles. The summed E-state index contributed by atoms with van der Waals surface area (Å²) in [7, 11) is 0. The molecule has 1 aliphatic heterocycles. The van der Waals surface area contributed by atoms with E-state index in [0.29, 0.717) is 17.5 Å². The van der Waals surface area contributed by atoms with E-state index in [1.165, 1.54) is 25.7 Å². The summed E-state index contributed by atoms with van der Waals surface area (Å²) >= 11 is 0. The topological polar surface area (TPSA) is 24.5 Å². The van der Waals surface area contributed by atoms with Gasteiger partial charge in [-0.25, -0.2) is 0 Å². The fourth-order valence-corrected chi connectivity index (χ4v) is 3.81. The van der Waals surface area contributed by atoms with E-state index >= 15 is 0 Å². The molecule has 2 rings (SSSR count). The van der Waals surface area contributed by atoms with E-state index < -0.39 is 0 Å². The van der Waals surface area contributed by atoms with Gasteiger partial charge in [-0.05, 0) is 43.6 Å². The Morgan fingerprint density at radius 3 is 2.45 bits per heavy atom. The standard InChI is InChI=1S/C17H34N2O/c1-5-8-18-15-7-6-14(17(2,3)4)13-16(15)19-9-11-20-12-10-19/h14-16,18H,5-13H2,1-4H3. The third-order valence-electron chi connectivity index (χ3n) is 5.21. The first kappa shape index (κ1) is 16.3. The van der Waals surface area contributed by atoms with Gasteiger partial charge in [0.25, 0.3) is 0 Å². The van der Waals surface area contributed by atoms with E-state index in [-0.39, 0.29) is 0 Å². The Morgan fingerprint density at radius 2 is 1.85 bits per heavy atom. The first-order valence-corrected chi connectivity index (χ1v) is 8.57. The molecule has 2 fully saturated rings. The van der Waals surface area contributed by atoms with E-state index in [0.717, 1.165) is 38.8 Å². The Morgan fingerprint density at radius 1 is 1.15 bits per heavy atom. The molecule has 0 bridgehead atoms. The highest BCUT2D eigenvalue weighted by molar-refractivity contribution is 4.94. The van der Waals surface area contributed by atoms with Gasteiger partial charge in [0, 0.05) is 25.2 Å². The molecule has 0 aromatic heterocycles. The van der Waals surface area contributed by atoms with Crippen molar-refractivity contribution in [3.05, 3.63) is 0 Å². The number of nitrogens with zero attached hydrogens (tertiary/aromatic N) is 1. The van der Waals surface area contributed by atoms with Crippen molar-refractivity contribution < 1.29 is 4.74 Å². The molecule has 0 aromatic carbocycles. The number of hydrogen-bond acceptors (Lipinski definition) is 3. The first-order valence-electron chi connectivity index (χ1n) is 8.57. The van der Waals surface area contributed by atoms with Crippen molar-refractivity contribution in [2.75, 3.05) is 32.8 Å². The molecule has 20 heavy (non-hydrogen) atoms. The second kappa shape index (κ2) is 7.24. The smallest absolute Gasteiger partial charge is 0.0594 e. The summed E-state index contributed by atoms with van der Waals surface area (Å²) in [6.45, 7) is 14.7. The molecule has 3 nitrogen and oxygen atoms in total. The SMILES string of the molecule is CCCNC1CCC(C(C)(C)C)CC1N1CCOCC1. The van der Waals surface area contributed by atoms with Crippen LogP contribution in [0.25, 0.3) is 0 Å². The van der Waals surface area contributed by atoms with Crippen LogP contribution in [0.2, 0.25) is 0 Å². The third kappa shape index (κ3) is 4.19. The summed E-state index contributed by atoms with van der Waals surface area (Å²) in [6.07, 6.45) is 5.30. The van der Waals surface area contributed by atoms with Crippen molar-refractivity contribution >= 4 is 0 Å². The number of ether oxygens (including phenoxy) is 1. The minimum Gasteiger partial charge on any atom is -0.379 e. The lowest BCUT2D eigenvalue weighted by Gasteiger charge is -2.47. The molecule has 0 aromatic rings. The molecular formula is C17H34N2O. The molecule has 118 valence electrons. The molecule has 1 saturated carbocycles. The van der Waals surface area contributed by atoms with Crippen LogP contribution in [0.4, 0.5) is 0 Å². The minimum absolute atomic E-state index is 0.445. The van der Waals surface area contributed by atoms with Crippen LogP contribution in [0.15, 0.2) is 0 Å². The van der Waals surface area contributed by atoms with E-state index in [9.17, 15) is 0 Å². The van der Waals surface area contributed by atoms with Gasteiger partial charge in [0.2, 0.25) is 0 Å². The second-order valence-corrected chi connectivity index (χ2v) is 7.65. The summed E-state index contributed by atoms with van der Waals surface area (Å²) in [5, 5.41) is 3.81. The molecule has 0 radical (unpaired) electrons. The van der Waals surface area contributed by atoms with Gasteiger partial charge >= 0.3 is 0 Å². The number of morpholine rings is 1. The van der Waals surface area contributed by atoms with Gasteiger partial charge in [-0.2, -0.15) is 0 Å². The molecule has 0 spiro atoms. The highest BCUT2D eigenvalue weighted by atomic mass is 16.5. The average Bonchev–Trinajstić information content (AvgIpc) is 2.45. The van der Waals surface area contributed by atoms with Crippen LogP contribution >= 0.6 is 0 Å². The summed E-state index contributed by atoms with van der Waals surface area (Å²) in [5.74, 6) is 0.857. The highest BCUT2D eigenvalue weighted by Gasteiger charge is 2.38. The second-order valence-electron chi connectivity index (χ2n) is 7.65. The van der Waals surface area contributed by atoms with E-state index in [4.69, 9.17) is 4.74 Å². The van der Waals surface area contributed by atoms with Crippen LogP contribution in [0.3, 0.4) is 0 Å². The van der Waals surface area contributed by atoms with Gasteiger partial charge in [0.05, 0.1) is 13.2 Å².